The maximum absolute atomic E-state index is 12.7. The smallest absolute Gasteiger partial charge is 0.279 e. The minimum absolute atomic E-state index is 0.211. The van der Waals surface area contributed by atoms with Crippen molar-refractivity contribution in [2.45, 2.75) is 27.3 Å². The number of fused-ring (bicyclic) bond motifs is 2. The van der Waals surface area contributed by atoms with Crippen molar-refractivity contribution in [3.8, 4) is 0 Å². The van der Waals surface area contributed by atoms with Crippen molar-refractivity contribution >= 4 is 49.0 Å². The molecule has 0 atom stereocenters. The molecule has 0 aliphatic rings. The Bertz CT molecular complexity index is 1180. The minimum Gasteiger partial charge on any atom is -0.317 e. The van der Waals surface area contributed by atoms with Crippen LogP contribution in [0.15, 0.2) is 40.8 Å². The molecule has 4 aromatic rings. The Balaban J connectivity index is 1.85. The first-order chi connectivity index (χ1) is 12.1. The first kappa shape index (κ1) is 16.2. The first-order valence-corrected chi connectivity index (χ1v) is 9.79. The van der Waals surface area contributed by atoms with Gasteiger partial charge in [0.15, 0.2) is 4.80 Å². The average Bonchev–Trinajstić information content (AvgIpc) is 3.18. The molecule has 2 aromatic carbocycles. The predicted molar refractivity (Wildman–Crippen MR) is 104 cm³/mol. The number of amides is 1. The lowest BCUT2D eigenvalue weighted by atomic mass is 10.1. The molecule has 0 saturated carbocycles. The van der Waals surface area contributed by atoms with Crippen LogP contribution in [0.25, 0.3) is 20.4 Å². The number of thiazole rings is 2. The molecule has 0 bridgehead atoms. The molecule has 0 aliphatic heterocycles. The van der Waals surface area contributed by atoms with E-state index in [1.54, 1.807) is 22.9 Å². The zero-order valence-corrected chi connectivity index (χ0v) is 15.9. The Morgan fingerprint density at radius 3 is 2.76 bits per heavy atom. The first-order valence-electron chi connectivity index (χ1n) is 8.09. The third kappa shape index (κ3) is 2.81. The molecule has 2 aromatic heterocycles. The standard InChI is InChI=1S/C19H17N3OS2/c1-4-22-15-7-11(2)12(3)8-17(15)25-19(22)21-18(23)13-5-6-14-16(9-13)24-10-20-14/h5-10H,4H2,1-3H3. The minimum atomic E-state index is -0.211. The molecular formula is C19H17N3OS2. The van der Waals surface area contributed by atoms with Crippen LogP contribution in [0, 0.1) is 13.8 Å². The van der Waals surface area contributed by atoms with E-state index in [2.05, 4.69) is 47.4 Å². The van der Waals surface area contributed by atoms with Gasteiger partial charge in [0.1, 0.15) is 0 Å². The number of carbonyl (C=O) groups excluding carboxylic acids is 1. The van der Waals surface area contributed by atoms with Crippen molar-refractivity contribution < 1.29 is 4.79 Å². The third-order valence-corrected chi connectivity index (χ3v) is 6.22. The van der Waals surface area contributed by atoms with Crippen molar-refractivity contribution in [3.63, 3.8) is 0 Å². The van der Waals surface area contributed by atoms with Crippen LogP contribution in [0.2, 0.25) is 0 Å². The van der Waals surface area contributed by atoms with Gasteiger partial charge < -0.3 is 4.57 Å². The van der Waals surface area contributed by atoms with Crippen molar-refractivity contribution in [2.24, 2.45) is 4.99 Å². The number of hydrogen-bond donors (Lipinski definition) is 0. The van der Waals surface area contributed by atoms with Gasteiger partial charge >= 0.3 is 0 Å². The monoisotopic (exact) mass is 367 g/mol. The summed E-state index contributed by atoms with van der Waals surface area (Å²) in [5, 5.41) is 0. The van der Waals surface area contributed by atoms with Crippen LogP contribution >= 0.6 is 22.7 Å². The van der Waals surface area contributed by atoms with E-state index in [1.807, 2.05) is 12.1 Å². The highest BCUT2D eigenvalue weighted by Gasteiger charge is 2.10. The van der Waals surface area contributed by atoms with Gasteiger partial charge in [-0.2, -0.15) is 4.99 Å². The molecule has 0 N–H and O–H groups in total. The molecule has 0 unspecified atom stereocenters. The molecule has 0 fully saturated rings. The van der Waals surface area contributed by atoms with Crippen LogP contribution in [0.4, 0.5) is 0 Å². The van der Waals surface area contributed by atoms with Crippen LogP contribution in [-0.4, -0.2) is 15.5 Å². The van der Waals surface area contributed by atoms with E-state index in [0.29, 0.717) is 5.56 Å². The quantitative estimate of drug-likeness (QED) is 0.516. The van der Waals surface area contributed by atoms with Crippen LogP contribution in [0.1, 0.15) is 28.4 Å². The molecule has 1 amide bonds. The summed E-state index contributed by atoms with van der Waals surface area (Å²) in [5.74, 6) is -0.211. The van der Waals surface area contributed by atoms with E-state index in [1.165, 1.54) is 22.5 Å². The molecular weight excluding hydrogens is 350 g/mol. The van der Waals surface area contributed by atoms with Crippen LogP contribution < -0.4 is 4.80 Å². The fourth-order valence-electron chi connectivity index (χ4n) is 2.85. The van der Waals surface area contributed by atoms with Gasteiger partial charge in [-0.05, 0) is 62.2 Å². The molecule has 4 rings (SSSR count). The summed E-state index contributed by atoms with van der Waals surface area (Å²) >= 11 is 3.10. The zero-order chi connectivity index (χ0) is 17.6. The summed E-state index contributed by atoms with van der Waals surface area (Å²) in [6.07, 6.45) is 0. The van der Waals surface area contributed by atoms with Crippen molar-refractivity contribution in [1.29, 1.82) is 0 Å². The Labute approximate surface area is 153 Å². The second-order valence-corrected chi connectivity index (χ2v) is 7.88. The van der Waals surface area contributed by atoms with Gasteiger partial charge in [-0.1, -0.05) is 11.3 Å². The van der Waals surface area contributed by atoms with E-state index in [-0.39, 0.29) is 5.91 Å². The number of aromatic nitrogens is 2. The fourth-order valence-corrected chi connectivity index (χ4v) is 4.74. The molecule has 0 saturated heterocycles. The second-order valence-electron chi connectivity index (χ2n) is 5.98. The Hall–Kier alpha value is -2.31. The molecule has 0 radical (unpaired) electrons. The summed E-state index contributed by atoms with van der Waals surface area (Å²) < 4.78 is 4.27. The topological polar surface area (TPSA) is 47.2 Å². The van der Waals surface area contributed by atoms with Gasteiger partial charge in [0.25, 0.3) is 5.91 Å². The lowest BCUT2D eigenvalue weighted by molar-refractivity contribution is 0.0998. The van der Waals surface area contributed by atoms with Crippen LogP contribution in [0.3, 0.4) is 0 Å². The Morgan fingerprint density at radius 2 is 1.96 bits per heavy atom. The summed E-state index contributed by atoms with van der Waals surface area (Å²) in [5.41, 5.74) is 6.95. The molecule has 126 valence electrons. The van der Waals surface area contributed by atoms with Gasteiger partial charge in [-0.3, -0.25) is 4.79 Å². The Kier molecular flexibility index (Phi) is 4.01. The predicted octanol–water partition coefficient (Wildman–Crippen LogP) is 4.69. The van der Waals surface area contributed by atoms with E-state index in [9.17, 15) is 4.79 Å². The van der Waals surface area contributed by atoms with E-state index >= 15 is 0 Å². The Morgan fingerprint density at radius 1 is 1.16 bits per heavy atom. The number of carbonyl (C=O) groups is 1. The van der Waals surface area contributed by atoms with Crippen molar-refractivity contribution in [1.82, 2.24) is 9.55 Å². The normalized spacial score (nSPS) is 12.4. The van der Waals surface area contributed by atoms with Crippen LogP contribution in [0.5, 0.6) is 0 Å². The number of nitrogens with zero attached hydrogens (tertiary/aromatic N) is 3. The van der Waals surface area contributed by atoms with E-state index < -0.39 is 0 Å². The zero-order valence-electron chi connectivity index (χ0n) is 14.2. The maximum Gasteiger partial charge on any atom is 0.279 e. The van der Waals surface area contributed by atoms with Crippen LogP contribution in [-0.2, 0) is 6.54 Å². The third-order valence-electron chi connectivity index (χ3n) is 4.39. The molecule has 2 heterocycles. The highest BCUT2D eigenvalue weighted by molar-refractivity contribution is 7.17. The lowest BCUT2D eigenvalue weighted by Crippen LogP contribution is -2.15. The summed E-state index contributed by atoms with van der Waals surface area (Å²) in [6, 6.07) is 9.90. The summed E-state index contributed by atoms with van der Waals surface area (Å²) in [7, 11) is 0. The van der Waals surface area contributed by atoms with Crippen molar-refractivity contribution in [3.05, 3.63) is 57.3 Å². The van der Waals surface area contributed by atoms with Gasteiger partial charge in [0.05, 0.1) is 25.9 Å². The maximum atomic E-state index is 12.7. The van der Waals surface area contributed by atoms with Gasteiger partial charge in [-0.25, -0.2) is 4.98 Å². The summed E-state index contributed by atoms with van der Waals surface area (Å²) in [4.78, 5) is 22.1. The van der Waals surface area contributed by atoms with Gasteiger partial charge in [0, 0.05) is 12.1 Å². The van der Waals surface area contributed by atoms with Crippen molar-refractivity contribution in [2.75, 3.05) is 0 Å². The van der Waals surface area contributed by atoms with E-state index in [4.69, 9.17) is 0 Å². The molecule has 4 nitrogen and oxygen atoms in total. The molecule has 0 aliphatic carbocycles. The SMILES string of the molecule is CCn1c(=NC(=O)c2ccc3ncsc3c2)sc2cc(C)c(C)cc21. The molecule has 0 spiro atoms. The lowest BCUT2D eigenvalue weighted by Gasteiger charge is -2.03. The molecule has 6 heteroatoms. The number of aryl methyl sites for hydroxylation is 3. The van der Waals surface area contributed by atoms with Gasteiger partial charge in [0.2, 0.25) is 0 Å². The average molecular weight is 367 g/mol. The molecule has 25 heavy (non-hydrogen) atoms. The van der Waals surface area contributed by atoms with E-state index in [0.717, 1.165) is 31.8 Å². The largest absolute Gasteiger partial charge is 0.317 e. The highest BCUT2D eigenvalue weighted by Crippen LogP contribution is 2.22. The second kappa shape index (κ2) is 6.20. The fraction of sp³-hybridized carbons (Fsp3) is 0.211. The summed E-state index contributed by atoms with van der Waals surface area (Å²) in [6.45, 7) is 7.08. The number of rotatable bonds is 2. The van der Waals surface area contributed by atoms with Gasteiger partial charge in [-0.15, -0.1) is 11.3 Å². The number of benzene rings is 2. The number of hydrogen-bond acceptors (Lipinski definition) is 4. The highest BCUT2D eigenvalue weighted by atomic mass is 32.1.